The molecule has 0 saturated heterocycles. The third-order valence-corrected chi connectivity index (χ3v) is 4.13. The molecule has 0 heterocycles. The summed E-state index contributed by atoms with van der Waals surface area (Å²) in [6, 6.07) is 22.0. The molecule has 130 valence electrons. The highest BCUT2D eigenvalue weighted by atomic mass is 16.4. The monoisotopic (exact) mass is 345 g/mol. The van der Waals surface area contributed by atoms with E-state index in [1.165, 1.54) is 6.08 Å². The van der Waals surface area contributed by atoms with Crippen LogP contribution in [0.5, 0.6) is 0 Å². The van der Waals surface area contributed by atoms with Gasteiger partial charge in [0.15, 0.2) is 0 Å². The molecule has 3 aromatic rings. The molecule has 0 aliphatic heterocycles. The summed E-state index contributed by atoms with van der Waals surface area (Å²) in [6.07, 6.45) is 3.33. The number of carboxylic acids is 1. The zero-order valence-electron chi connectivity index (χ0n) is 14.1. The number of carbonyl (C=O) groups excluding carboxylic acids is 1. The van der Waals surface area contributed by atoms with Crippen molar-refractivity contribution in [3.63, 3.8) is 0 Å². The fourth-order valence-electron chi connectivity index (χ4n) is 2.83. The van der Waals surface area contributed by atoms with E-state index in [1.807, 2.05) is 72.8 Å². The van der Waals surface area contributed by atoms with Gasteiger partial charge in [0.25, 0.3) is 0 Å². The Kier molecular flexibility index (Phi) is 5.44. The fraction of sp³-hybridized carbons (Fsp3) is 0.0909. The summed E-state index contributed by atoms with van der Waals surface area (Å²) in [5.41, 5.74) is 1.77. The first-order valence-electron chi connectivity index (χ1n) is 8.36. The largest absolute Gasteiger partial charge is 0.480 e. The lowest BCUT2D eigenvalue weighted by Crippen LogP contribution is -2.41. The molecule has 0 unspecified atom stereocenters. The third-order valence-electron chi connectivity index (χ3n) is 4.13. The second-order valence-electron chi connectivity index (χ2n) is 5.99. The zero-order valence-corrected chi connectivity index (χ0v) is 14.1. The summed E-state index contributed by atoms with van der Waals surface area (Å²) in [4.78, 5) is 23.6. The van der Waals surface area contributed by atoms with Crippen molar-refractivity contribution < 1.29 is 14.7 Å². The maximum Gasteiger partial charge on any atom is 0.326 e. The molecule has 0 fully saturated rings. The van der Waals surface area contributed by atoms with Crippen LogP contribution < -0.4 is 5.32 Å². The van der Waals surface area contributed by atoms with Gasteiger partial charge in [-0.15, -0.1) is 0 Å². The summed E-state index contributed by atoms with van der Waals surface area (Å²) >= 11 is 0. The van der Waals surface area contributed by atoms with Crippen molar-refractivity contribution in [3.8, 4) is 0 Å². The van der Waals surface area contributed by atoms with Gasteiger partial charge >= 0.3 is 5.97 Å². The van der Waals surface area contributed by atoms with E-state index in [-0.39, 0.29) is 6.42 Å². The fourth-order valence-corrected chi connectivity index (χ4v) is 2.83. The van der Waals surface area contributed by atoms with Crippen molar-refractivity contribution in [2.24, 2.45) is 0 Å². The van der Waals surface area contributed by atoms with E-state index in [9.17, 15) is 14.7 Å². The molecule has 3 aromatic carbocycles. The van der Waals surface area contributed by atoms with Crippen LogP contribution in [0.25, 0.3) is 16.8 Å². The molecule has 3 rings (SSSR count). The van der Waals surface area contributed by atoms with E-state index in [0.717, 1.165) is 21.9 Å². The van der Waals surface area contributed by atoms with Crippen LogP contribution >= 0.6 is 0 Å². The van der Waals surface area contributed by atoms with Crippen molar-refractivity contribution in [1.82, 2.24) is 5.32 Å². The van der Waals surface area contributed by atoms with Crippen molar-refractivity contribution >= 4 is 28.7 Å². The molecule has 26 heavy (non-hydrogen) atoms. The summed E-state index contributed by atoms with van der Waals surface area (Å²) < 4.78 is 0. The Balaban J connectivity index is 1.72. The lowest BCUT2D eigenvalue weighted by Gasteiger charge is -2.13. The Morgan fingerprint density at radius 1 is 0.923 bits per heavy atom. The van der Waals surface area contributed by atoms with Gasteiger partial charge in [-0.3, -0.25) is 4.79 Å². The smallest absolute Gasteiger partial charge is 0.326 e. The van der Waals surface area contributed by atoms with Crippen LogP contribution in [-0.4, -0.2) is 23.0 Å². The molecular weight excluding hydrogens is 326 g/mol. The first kappa shape index (κ1) is 17.4. The van der Waals surface area contributed by atoms with E-state index in [0.29, 0.717) is 0 Å². The van der Waals surface area contributed by atoms with Gasteiger partial charge in [-0.05, 0) is 28.0 Å². The molecule has 4 nitrogen and oxygen atoms in total. The van der Waals surface area contributed by atoms with Gasteiger partial charge in [-0.25, -0.2) is 4.79 Å². The quantitative estimate of drug-likeness (QED) is 0.670. The number of hydrogen-bond donors (Lipinski definition) is 2. The molecule has 1 amide bonds. The number of nitrogens with one attached hydrogen (secondary N) is 1. The topological polar surface area (TPSA) is 66.4 Å². The zero-order chi connectivity index (χ0) is 18.4. The van der Waals surface area contributed by atoms with E-state index in [1.54, 1.807) is 6.08 Å². The highest BCUT2D eigenvalue weighted by Gasteiger charge is 2.19. The summed E-state index contributed by atoms with van der Waals surface area (Å²) in [5.74, 6) is -1.48. The number of aliphatic carboxylic acids is 1. The average molecular weight is 345 g/mol. The minimum atomic E-state index is -1.05. The molecule has 0 aliphatic rings. The number of amides is 1. The minimum absolute atomic E-state index is 0.240. The molecule has 2 N–H and O–H groups in total. The van der Waals surface area contributed by atoms with Gasteiger partial charge in [0.2, 0.25) is 5.91 Å². The molecular formula is C22H19NO3. The second kappa shape index (κ2) is 8.12. The van der Waals surface area contributed by atoms with E-state index in [2.05, 4.69) is 5.32 Å². The third kappa shape index (κ3) is 4.36. The first-order valence-corrected chi connectivity index (χ1v) is 8.36. The van der Waals surface area contributed by atoms with Crippen LogP contribution in [0.1, 0.15) is 11.1 Å². The van der Waals surface area contributed by atoms with Gasteiger partial charge in [-0.1, -0.05) is 72.8 Å². The SMILES string of the molecule is O=C(/C=C/c1cccc2ccccc12)N[C@H](Cc1ccccc1)C(=O)O. The number of carboxylic acid groups (broad SMARTS) is 1. The van der Waals surface area contributed by atoms with Gasteiger partial charge < -0.3 is 10.4 Å². The van der Waals surface area contributed by atoms with Gasteiger partial charge in [-0.2, -0.15) is 0 Å². The Bertz CT molecular complexity index is 943. The normalized spacial score (nSPS) is 12.2. The second-order valence-corrected chi connectivity index (χ2v) is 5.99. The summed E-state index contributed by atoms with van der Waals surface area (Å²) in [7, 11) is 0. The Hall–Kier alpha value is -3.40. The van der Waals surface area contributed by atoms with Gasteiger partial charge in [0, 0.05) is 12.5 Å². The van der Waals surface area contributed by atoms with Gasteiger partial charge in [0.05, 0.1) is 0 Å². The maximum atomic E-state index is 12.2. The van der Waals surface area contributed by atoms with E-state index < -0.39 is 17.9 Å². The van der Waals surface area contributed by atoms with Gasteiger partial charge in [0.1, 0.15) is 6.04 Å². The highest BCUT2D eigenvalue weighted by Crippen LogP contribution is 2.19. The molecule has 0 saturated carbocycles. The maximum absolute atomic E-state index is 12.2. The lowest BCUT2D eigenvalue weighted by atomic mass is 10.0. The molecule has 4 heteroatoms. The number of fused-ring (bicyclic) bond motifs is 1. The summed E-state index contributed by atoms with van der Waals surface area (Å²) in [5, 5.41) is 14.1. The Morgan fingerprint density at radius 3 is 2.38 bits per heavy atom. The lowest BCUT2D eigenvalue weighted by molar-refractivity contribution is -0.141. The molecule has 0 aliphatic carbocycles. The number of carbonyl (C=O) groups is 2. The molecule has 0 spiro atoms. The number of benzene rings is 3. The predicted octanol–water partition coefficient (Wildman–Crippen LogP) is 3.67. The predicted molar refractivity (Wildman–Crippen MR) is 103 cm³/mol. The molecule has 0 radical (unpaired) electrons. The van der Waals surface area contributed by atoms with E-state index in [4.69, 9.17) is 0 Å². The molecule has 0 bridgehead atoms. The van der Waals surface area contributed by atoms with Crippen molar-refractivity contribution in [2.75, 3.05) is 0 Å². The first-order chi connectivity index (χ1) is 12.6. The highest BCUT2D eigenvalue weighted by molar-refractivity contribution is 5.98. The minimum Gasteiger partial charge on any atom is -0.480 e. The molecule has 1 atom stereocenters. The van der Waals surface area contributed by atoms with Crippen LogP contribution in [0.15, 0.2) is 78.9 Å². The average Bonchev–Trinajstić information content (AvgIpc) is 2.66. The van der Waals surface area contributed by atoms with Crippen molar-refractivity contribution in [3.05, 3.63) is 90.0 Å². The van der Waals surface area contributed by atoms with Crippen LogP contribution in [0, 0.1) is 0 Å². The van der Waals surface area contributed by atoms with Crippen LogP contribution in [0.2, 0.25) is 0 Å². The van der Waals surface area contributed by atoms with Crippen LogP contribution in [0.3, 0.4) is 0 Å². The standard InChI is InChI=1S/C22H19NO3/c24-21(23-20(22(25)26)15-16-7-2-1-3-8-16)14-13-18-11-6-10-17-9-4-5-12-19(17)18/h1-14,20H,15H2,(H,23,24)(H,25,26)/b14-13+/t20-/m1/s1. The molecule has 0 aromatic heterocycles. The van der Waals surface area contributed by atoms with E-state index >= 15 is 0 Å². The Labute approximate surface area is 151 Å². The van der Waals surface area contributed by atoms with Crippen molar-refractivity contribution in [2.45, 2.75) is 12.5 Å². The Morgan fingerprint density at radius 2 is 1.62 bits per heavy atom. The van der Waals surface area contributed by atoms with Crippen LogP contribution in [-0.2, 0) is 16.0 Å². The summed E-state index contributed by atoms with van der Waals surface area (Å²) in [6.45, 7) is 0. The van der Waals surface area contributed by atoms with Crippen molar-refractivity contribution in [1.29, 1.82) is 0 Å². The number of rotatable bonds is 6. The van der Waals surface area contributed by atoms with Crippen LogP contribution in [0.4, 0.5) is 0 Å². The number of hydrogen-bond acceptors (Lipinski definition) is 2.